The Labute approximate surface area is 121 Å². The lowest BCUT2D eigenvalue weighted by Crippen LogP contribution is -2.22. The fourth-order valence-corrected chi connectivity index (χ4v) is 2.53. The fourth-order valence-electron chi connectivity index (χ4n) is 2.53. The van der Waals surface area contributed by atoms with Crippen molar-refractivity contribution in [3.63, 3.8) is 0 Å². The van der Waals surface area contributed by atoms with Gasteiger partial charge in [-0.2, -0.15) is 0 Å². The molecule has 2 aromatic carbocycles. The van der Waals surface area contributed by atoms with Crippen molar-refractivity contribution in [1.29, 1.82) is 0 Å². The van der Waals surface area contributed by atoms with Crippen LogP contribution in [0.25, 0.3) is 0 Å². The molecule has 106 valence electrons. The lowest BCUT2D eigenvalue weighted by atomic mass is 10.0. The average molecular weight is 269 g/mol. The van der Waals surface area contributed by atoms with Gasteiger partial charge in [-0.25, -0.2) is 0 Å². The quantitative estimate of drug-likeness (QED) is 0.885. The number of rotatable bonds is 5. The van der Waals surface area contributed by atoms with E-state index in [1.807, 2.05) is 19.1 Å². The summed E-state index contributed by atoms with van der Waals surface area (Å²) in [5, 5.41) is 10.2. The molecule has 0 amide bonds. The molecule has 0 saturated heterocycles. The molecule has 0 saturated carbocycles. The van der Waals surface area contributed by atoms with Crippen molar-refractivity contribution in [1.82, 2.24) is 4.90 Å². The smallest absolute Gasteiger partial charge is 0.122 e. The number of phenols is 1. The summed E-state index contributed by atoms with van der Waals surface area (Å²) in [5.74, 6) is 0.433. The van der Waals surface area contributed by atoms with Crippen molar-refractivity contribution < 1.29 is 5.11 Å². The lowest BCUT2D eigenvalue weighted by Gasteiger charge is -2.22. The molecule has 2 nitrogen and oxygen atoms in total. The van der Waals surface area contributed by atoms with E-state index >= 15 is 0 Å². The Morgan fingerprint density at radius 2 is 1.70 bits per heavy atom. The maximum Gasteiger partial charge on any atom is 0.122 e. The molecule has 0 heterocycles. The normalized spacial score (nSPS) is 11.0. The minimum absolute atomic E-state index is 0.433. The van der Waals surface area contributed by atoms with Crippen molar-refractivity contribution in [2.75, 3.05) is 6.54 Å². The summed E-state index contributed by atoms with van der Waals surface area (Å²) in [5.41, 5.74) is 4.47. The number of hydrogen-bond acceptors (Lipinski definition) is 2. The fraction of sp³-hybridized carbons (Fsp3) is 0.333. The predicted octanol–water partition coefficient (Wildman–Crippen LogP) is 4.03. The molecule has 1 N–H and O–H groups in total. The molecule has 2 rings (SSSR count). The SMILES string of the molecule is CCN(Cc1ccccc1)Cc1cc(C)cc(C)c1O. The van der Waals surface area contributed by atoms with Gasteiger partial charge in [0.25, 0.3) is 0 Å². The largest absolute Gasteiger partial charge is 0.507 e. The zero-order valence-corrected chi connectivity index (χ0v) is 12.6. The highest BCUT2D eigenvalue weighted by Crippen LogP contribution is 2.25. The third kappa shape index (κ3) is 3.61. The summed E-state index contributed by atoms with van der Waals surface area (Å²) in [4.78, 5) is 2.34. The van der Waals surface area contributed by atoms with Gasteiger partial charge < -0.3 is 5.11 Å². The van der Waals surface area contributed by atoms with Gasteiger partial charge in [-0.1, -0.05) is 55.0 Å². The third-order valence-electron chi connectivity index (χ3n) is 3.61. The Balaban J connectivity index is 2.14. The van der Waals surface area contributed by atoms with Crippen LogP contribution in [0, 0.1) is 13.8 Å². The molecule has 0 aliphatic heterocycles. The van der Waals surface area contributed by atoms with E-state index in [-0.39, 0.29) is 0 Å². The molecule has 0 atom stereocenters. The van der Waals surface area contributed by atoms with E-state index < -0.39 is 0 Å². The summed E-state index contributed by atoms with van der Waals surface area (Å²) >= 11 is 0. The van der Waals surface area contributed by atoms with Gasteiger partial charge in [0.2, 0.25) is 0 Å². The van der Waals surface area contributed by atoms with Crippen LogP contribution in [0.3, 0.4) is 0 Å². The van der Waals surface area contributed by atoms with Crippen LogP contribution in [-0.4, -0.2) is 16.6 Å². The van der Waals surface area contributed by atoms with Gasteiger partial charge in [0.05, 0.1) is 0 Å². The van der Waals surface area contributed by atoms with E-state index in [2.05, 4.69) is 49.1 Å². The van der Waals surface area contributed by atoms with E-state index in [9.17, 15) is 5.11 Å². The van der Waals surface area contributed by atoms with Crippen molar-refractivity contribution in [3.8, 4) is 5.75 Å². The Kier molecular flexibility index (Phi) is 4.80. The van der Waals surface area contributed by atoms with Crippen LogP contribution in [0.2, 0.25) is 0 Å². The highest BCUT2D eigenvalue weighted by molar-refractivity contribution is 5.42. The minimum atomic E-state index is 0.433. The summed E-state index contributed by atoms with van der Waals surface area (Å²) in [7, 11) is 0. The van der Waals surface area contributed by atoms with Crippen LogP contribution in [0.15, 0.2) is 42.5 Å². The molecule has 0 radical (unpaired) electrons. The molecule has 0 bridgehead atoms. The number of benzene rings is 2. The summed E-state index contributed by atoms with van der Waals surface area (Å²) in [6.07, 6.45) is 0. The second-order valence-corrected chi connectivity index (χ2v) is 5.38. The maximum atomic E-state index is 10.2. The average Bonchev–Trinajstić information content (AvgIpc) is 2.44. The number of aryl methyl sites for hydroxylation is 2. The molecular weight excluding hydrogens is 246 g/mol. The Morgan fingerprint density at radius 3 is 2.35 bits per heavy atom. The van der Waals surface area contributed by atoms with Gasteiger partial charge in [0, 0.05) is 18.7 Å². The van der Waals surface area contributed by atoms with Crippen molar-refractivity contribution in [3.05, 3.63) is 64.7 Å². The zero-order valence-electron chi connectivity index (χ0n) is 12.6. The number of nitrogens with zero attached hydrogens (tertiary/aromatic N) is 1. The van der Waals surface area contributed by atoms with Gasteiger partial charge in [0.15, 0.2) is 0 Å². The molecule has 0 aromatic heterocycles. The summed E-state index contributed by atoms with van der Waals surface area (Å²) < 4.78 is 0. The highest BCUT2D eigenvalue weighted by Gasteiger charge is 2.10. The van der Waals surface area contributed by atoms with Crippen molar-refractivity contribution in [2.24, 2.45) is 0 Å². The standard InChI is InChI=1S/C18H23NO/c1-4-19(12-16-8-6-5-7-9-16)13-17-11-14(2)10-15(3)18(17)20/h5-11,20H,4,12-13H2,1-3H3. The van der Waals surface area contributed by atoms with Crippen molar-refractivity contribution >= 4 is 0 Å². The van der Waals surface area contributed by atoms with Gasteiger partial charge >= 0.3 is 0 Å². The van der Waals surface area contributed by atoms with E-state index in [0.717, 1.165) is 30.8 Å². The molecule has 0 spiro atoms. The molecule has 0 unspecified atom stereocenters. The Hall–Kier alpha value is -1.80. The molecule has 0 aliphatic rings. The summed E-state index contributed by atoms with van der Waals surface area (Å²) in [6, 6.07) is 14.6. The van der Waals surface area contributed by atoms with E-state index in [4.69, 9.17) is 0 Å². The van der Waals surface area contributed by atoms with Crippen LogP contribution in [0.1, 0.15) is 29.2 Å². The molecule has 2 heteroatoms. The second-order valence-electron chi connectivity index (χ2n) is 5.38. The molecule has 0 aliphatic carbocycles. The first kappa shape index (κ1) is 14.6. The first-order valence-corrected chi connectivity index (χ1v) is 7.15. The van der Waals surface area contributed by atoms with Crippen LogP contribution >= 0.6 is 0 Å². The van der Waals surface area contributed by atoms with Crippen LogP contribution in [0.5, 0.6) is 5.75 Å². The van der Waals surface area contributed by atoms with E-state index in [1.54, 1.807) is 0 Å². The van der Waals surface area contributed by atoms with Crippen molar-refractivity contribution in [2.45, 2.75) is 33.9 Å². The van der Waals surface area contributed by atoms with E-state index in [0.29, 0.717) is 5.75 Å². The Bertz CT molecular complexity index is 563. The minimum Gasteiger partial charge on any atom is -0.507 e. The third-order valence-corrected chi connectivity index (χ3v) is 3.61. The Morgan fingerprint density at radius 1 is 1.00 bits per heavy atom. The second kappa shape index (κ2) is 6.58. The molecule has 20 heavy (non-hydrogen) atoms. The lowest BCUT2D eigenvalue weighted by molar-refractivity contribution is 0.267. The number of hydrogen-bond donors (Lipinski definition) is 1. The monoisotopic (exact) mass is 269 g/mol. The first-order valence-electron chi connectivity index (χ1n) is 7.15. The first-order chi connectivity index (χ1) is 9.60. The molecule has 0 fully saturated rings. The van der Waals surface area contributed by atoms with Crippen LogP contribution < -0.4 is 0 Å². The maximum absolute atomic E-state index is 10.2. The number of aromatic hydroxyl groups is 1. The van der Waals surface area contributed by atoms with Gasteiger partial charge in [0.1, 0.15) is 5.75 Å². The van der Waals surface area contributed by atoms with E-state index in [1.165, 1.54) is 11.1 Å². The zero-order chi connectivity index (χ0) is 14.5. The number of phenolic OH excluding ortho intramolecular Hbond substituents is 1. The molecular formula is C18H23NO. The van der Waals surface area contributed by atoms with Gasteiger partial charge in [-0.05, 0) is 31.5 Å². The summed E-state index contributed by atoms with van der Waals surface area (Å²) in [6.45, 7) is 8.83. The van der Waals surface area contributed by atoms with Crippen LogP contribution in [0.4, 0.5) is 0 Å². The topological polar surface area (TPSA) is 23.5 Å². The highest BCUT2D eigenvalue weighted by atomic mass is 16.3. The van der Waals surface area contributed by atoms with Crippen LogP contribution in [-0.2, 0) is 13.1 Å². The predicted molar refractivity (Wildman–Crippen MR) is 83.8 cm³/mol. The van der Waals surface area contributed by atoms with Gasteiger partial charge in [-0.3, -0.25) is 4.90 Å². The van der Waals surface area contributed by atoms with Gasteiger partial charge in [-0.15, -0.1) is 0 Å². The molecule has 2 aromatic rings.